The lowest BCUT2D eigenvalue weighted by Gasteiger charge is -2.58. The van der Waals surface area contributed by atoms with Gasteiger partial charge in [-0.05, 0) is 73.8 Å². The van der Waals surface area contributed by atoms with Gasteiger partial charge in [0.1, 0.15) is 5.75 Å². The van der Waals surface area contributed by atoms with Crippen LogP contribution in [0, 0.1) is 22.7 Å². The van der Waals surface area contributed by atoms with Crippen LogP contribution in [0.5, 0.6) is 17.2 Å². The predicted molar refractivity (Wildman–Crippen MR) is 96.2 cm³/mol. The van der Waals surface area contributed by atoms with Gasteiger partial charge in [-0.1, -0.05) is 32.4 Å². The molecule has 24 heavy (non-hydrogen) atoms. The minimum atomic E-state index is -0.168. The molecular formula is C21H30O3. The van der Waals surface area contributed by atoms with Crippen LogP contribution in [0.4, 0.5) is 0 Å². The van der Waals surface area contributed by atoms with Gasteiger partial charge >= 0.3 is 0 Å². The third-order valence-electron chi connectivity index (χ3n) is 7.39. The number of aromatic hydroxyl groups is 3. The van der Waals surface area contributed by atoms with E-state index in [1.165, 1.54) is 24.1 Å². The Morgan fingerprint density at radius 3 is 2.46 bits per heavy atom. The van der Waals surface area contributed by atoms with Gasteiger partial charge in [0.15, 0.2) is 11.5 Å². The third kappa shape index (κ3) is 2.40. The molecule has 1 aromatic carbocycles. The van der Waals surface area contributed by atoms with Gasteiger partial charge in [-0.2, -0.15) is 0 Å². The molecular weight excluding hydrogens is 300 g/mol. The zero-order valence-electron chi connectivity index (χ0n) is 15.3. The molecule has 1 aromatic rings. The van der Waals surface area contributed by atoms with E-state index in [0.29, 0.717) is 23.8 Å². The highest BCUT2D eigenvalue weighted by molar-refractivity contribution is 5.52. The van der Waals surface area contributed by atoms with Crippen LogP contribution in [0.25, 0.3) is 0 Å². The van der Waals surface area contributed by atoms with Gasteiger partial charge in [0.2, 0.25) is 0 Å². The number of allylic oxidation sites excluding steroid dienone is 2. The summed E-state index contributed by atoms with van der Waals surface area (Å²) >= 11 is 0. The van der Waals surface area contributed by atoms with E-state index in [1.807, 2.05) is 0 Å². The summed E-state index contributed by atoms with van der Waals surface area (Å²) in [5.41, 5.74) is 2.15. The summed E-state index contributed by atoms with van der Waals surface area (Å²) in [5, 5.41) is 30.4. The number of benzene rings is 1. The Balaban J connectivity index is 2.05. The van der Waals surface area contributed by atoms with E-state index in [2.05, 4.69) is 33.8 Å². The van der Waals surface area contributed by atoms with Gasteiger partial charge in [0, 0.05) is 5.56 Å². The molecule has 0 aromatic heterocycles. The summed E-state index contributed by atoms with van der Waals surface area (Å²) in [7, 11) is 0. The summed E-state index contributed by atoms with van der Waals surface area (Å²) in [6.07, 6.45) is 7.58. The highest BCUT2D eigenvalue weighted by Crippen LogP contribution is 2.62. The summed E-state index contributed by atoms with van der Waals surface area (Å²) in [6, 6.07) is 2.82. The zero-order valence-corrected chi connectivity index (χ0v) is 15.3. The smallest absolute Gasteiger partial charge is 0.164 e. The number of phenolic OH excluding ortho intramolecular Hbond substituents is 3. The van der Waals surface area contributed by atoms with Crippen molar-refractivity contribution in [3.8, 4) is 17.2 Å². The van der Waals surface area contributed by atoms with Gasteiger partial charge in [-0.25, -0.2) is 0 Å². The van der Waals surface area contributed by atoms with E-state index < -0.39 is 0 Å². The molecule has 4 atom stereocenters. The Labute approximate surface area is 145 Å². The van der Waals surface area contributed by atoms with Crippen molar-refractivity contribution >= 4 is 0 Å². The SMILES string of the molecule is CC1=CCCC2[C@](C)(Cc3c(O)ccc(O)c3O)[C@@H](C)CC[C@]12C. The van der Waals surface area contributed by atoms with Crippen molar-refractivity contribution < 1.29 is 15.3 Å². The second-order valence-electron chi connectivity index (χ2n) is 8.49. The Hall–Kier alpha value is -1.64. The molecule has 1 fully saturated rings. The van der Waals surface area contributed by atoms with Crippen molar-refractivity contribution in [2.75, 3.05) is 0 Å². The zero-order chi connectivity index (χ0) is 17.7. The van der Waals surface area contributed by atoms with Crippen LogP contribution in [0.1, 0.15) is 58.9 Å². The maximum atomic E-state index is 10.3. The second kappa shape index (κ2) is 5.72. The van der Waals surface area contributed by atoms with Crippen molar-refractivity contribution in [3.63, 3.8) is 0 Å². The molecule has 0 saturated heterocycles. The molecule has 1 unspecified atom stereocenters. The molecule has 3 N–H and O–H groups in total. The van der Waals surface area contributed by atoms with E-state index in [0.717, 1.165) is 19.3 Å². The average molecular weight is 330 g/mol. The van der Waals surface area contributed by atoms with Crippen molar-refractivity contribution in [1.82, 2.24) is 0 Å². The van der Waals surface area contributed by atoms with Crippen LogP contribution in [-0.2, 0) is 6.42 Å². The normalized spacial score (nSPS) is 36.1. The number of fused-ring (bicyclic) bond motifs is 1. The summed E-state index contributed by atoms with van der Waals surface area (Å²) in [6.45, 7) is 9.24. The fourth-order valence-electron chi connectivity index (χ4n) is 5.38. The van der Waals surface area contributed by atoms with Crippen LogP contribution in [0.2, 0.25) is 0 Å². The second-order valence-corrected chi connectivity index (χ2v) is 8.49. The highest BCUT2D eigenvalue weighted by atomic mass is 16.3. The molecule has 132 valence electrons. The first-order chi connectivity index (χ1) is 11.2. The van der Waals surface area contributed by atoms with Crippen LogP contribution in [-0.4, -0.2) is 15.3 Å². The largest absolute Gasteiger partial charge is 0.508 e. The fraction of sp³-hybridized carbons (Fsp3) is 0.619. The van der Waals surface area contributed by atoms with E-state index >= 15 is 0 Å². The molecule has 0 amide bonds. The lowest BCUT2D eigenvalue weighted by molar-refractivity contribution is -0.0415. The molecule has 2 aliphatic carbocycles. The molecule has 3 nitrogen and oxygen atoms in total. The van der Waals surface area contributed by atoms with Crippen molar-refractivity contribution in [1.29, 1.82) is 0 Å². The molecule has 3 heteroatoms. The van der Waals surface area contributed by atoms with Crippen LogP contribution in [0.15, 0.2) is 23.8 Å². The molecule has 0 aliphatic heterocycles. The molecule has 3 rings (SSSR count). The van der Waals surface area contributed by atoms with Gasteiger partial charge in [0.25, 0.3) is 0 Å². The molecule has 0 heterocycles. The van der Waals surface area contributed by atoms with Crippen molar-refractivity contribution in [3.05, 3.63) is 29.3 Å². The monoisotopic (exact) mass is 330 g/mol. The molecule has 1 saturated carbocycles. The van der Waals surface area contributed by atoms with E-state index in [1.54, 1.807) is 0 Å². The number of phenols is 3. The van der Waals surface area contributed by atoms with Gasteiger partial charge in [-0.3, -0.25) is 0 Å². The highest BCUT2D eigenvalue weighted by Gasteiger charge is 2.53. The lowest BCUT2D eigenvalue weighted by atomic mass is 9.47. The maximum absolute atomic E-state index is 10.3. The van der Waals surface area contributed by atoms with Crippen molar-refractivity contribution in [2.24, 2.45) is 22.7 Å². The van der Waals surface area contributed by atoms with E-state index in [4.69, 9.17) is 0 Å². The quantitative estimate of drug-likeness (QED) is 0.399. The molecule has 2 aliphatic rings. The molecule has 0 radical (unpaired) electrons. The number of rotatable bonds is 2. The Morgan fingerprint density at radius 2 is 1.75 bits per heavy atom. The molecule has 0 spiro atoms. The molecule has 0 bridgehead atoms. The Morgan fingerprint density at radius 1 is 1.08 bits per heavy atom. The summed E-state index contributed by atoms with van der Waals surface area (Å²) < 4.78 is 0. The van der Waals surface area contributed by atoms with Crippen LogP contribution < -0.4 is 0 Å². The Bertz CT molecular complexity index is 678. The number of hydrogen-bond donors (Lipinski definition) is 3. The fourth-order valence-corrected chi connectivity index (χ4v) is 5.38. The summed E-state index contributed by atoms with van der Waals surface area (Å²) in [4.78, 5) is 0. The minimum absolute atomic E-state index is 0.0225. The topological polar surface area (TPSA) is 60.7 Å². The third-order valence-corrected chi connectivity index (χ3v) is 7.39. The van der Waals surface area contributed by atoms with Crippen LogP contribution in [0.3, 0.4) is 0 Å². The lowest BCUT2D eigenvalue weighted by Crippen LogP contribution is -2.50. The van der Waals surface area contributed by atoms with Gasteiger partial charge < -0.3 is 15.3 Å². The summed E-state index contributed by atoms with van der Waals surface area (Å²) in [5.74, 6) is 0.771. The van der Waals surface area contributed by atoms with Crippen LogP contribution >= 0.6 is 0 Å². The predicted octanol–water partition coefficient (Wildman–Crippen LogP) is 5.14. The Kier molecular flexibility index (Phi) is 4.09. The van der Waals surface area contributed by atoms with E-state index in [-0.39, 0.29) is 28.1 Å². The maximum Gasteiger partial charge on any atom is 0.164 e. The number of hydrogen-bond acceptors (Lipinski definition) is 3. The standard InChI is InChI=1S/C21H30O3/c1-13-6-5-7-18-20(13,3)11-10-14(2)21(18,4)12-15-16(22)8-9-17(23)19(15)24/h6,8-9,14,18,22-24H,5,7,10-12H2,1-4H3/t14-,18?,20+,21+/m0/s1. The minimum Gasteiger partial charge on any atom is -0.508 e. The first-order valence-electron chi connectivity index (χ1n) is 9.10. The van der Waals surface area contributed by atoms with Gasteiger partial charge in [0.05, 0.1) is 0 Å². The average Bonchev–Trinajstić information content (AvgIpc) is 2.54. The van der Waals surface area contributed by atoms with E-state index in [9.17, 15) is 15.3 Å². The van der Waals surface area contributed by atoms with Gasteiger partial charge in [-0.15, -0.1) is 0 Å². The first-order valence-corrected chi connectivity index (χ1v) is 9.10. The van der Waals surface area contributed by atoms with Crippen molar-refractivity contribution in [2.45, 2.75) is 59.8 Å². The first kappa shape index (κ1) is 17.2.